The first kappa shape index (κ1) is 18.9. The molecule has 6 heteroatoms. The van der Waals surface area contributed by atoms with Gasteiger partial charge in [-0.3, -0.25) is 9.59 Å². The van der Waals surface area contributed by atoms with Crippen molar-refractivity contribution in [3.8, 4) is 0 Å². The van der Waals surface area contributed by atoms with Gasteiger partial charge in [-0.2, -0.15) is 0 Å². The van der Waals surface area contributed by atoms with Crippen LogP contribution in [0.1, 0.15) is 28.4 Å². The molecule has 3 aromatic rings. The Morgan fingerprint density at radius 1 is 1.10 bits per heavy atom. The number of aromatic amines is 1. The van der Waals surface area contributed by atoms with Crippen LogP contribution in [0.25, 0.3) is 10.9 Å². The van der Waals surface area contributed by atoms with Crippen molar-refractivity contribution in [3.63, 3.8) is 0 Å². The zero-order valence-electron chi connectivity index (χ0n) is 17.2. The molecule has 2 aliphatic heterocycles. The van der Waals surface area contributed by atoms with E-state index in [0.29, 0.717) is 19.6 Å². The minimum Gasteiger partial charge on any atom is -0.383 e. The highest BCUT2D eigenvalue weighted by Crippen LogP contribution is 2.42. The summed E-state index contributed by atoms with van der Waals surface area (Å²) < 4.78 is 5.14. The first-order valence-corrected chi connectivity index (χ1v) is 10.3. The van der Waals surface area contributed by atoms with E-state index in [1.807, 2.05) is 25.1 Å². The molecule has 0 bridgehead atoms. The van der Waals surface area contributed by atoms with E-state index >= 15 is 0 Å². The van der Waals surface area contributed by atoms with Crippen LogP contribution in [0.4, 0.5) is 0 Å². The highest BCUT2D eigenvalue weighted by atomic mass is 16.5. The summed E-state index contributed by atoms with van der Waals surface area (Å²) in [6.07, 6.45) is 0.524. The van der Waals surface area contributed by atoms with E-state index in [1.54, 1.807) is 16.9 Å². The Morgan fingerprint density at radius 3 is 2.63 bits per heavy atom. The lowest BCUT2D eigenvalue weighted by Crippen LogP contribution is -2.63. The van der Waals surface area contributed by atoms with Gasteiger partial charge >= 0.3 is 0 Å². The molecular weight excluding hydrogens is 378 g/mol. The topological polar surface area (TPSA) is 65.6 Å². The molecule has 5 rings (SSSR count). The number of piperazine rings is 1. The number of hydrogen-bond donors (Lipinski definition) is 1. The summed E-state index contributed by atoms with van der Waals surface area (Å²) in [7, 11) is 1.61. The Morgan fingerprint density at radius 2 is 1.87 bits per heavy atom. The SMILES string of the molecule is COCCN1CC(=O)N2C(c3ccc(C)cc3)c3[nH]c4ccccc4c3C[C@H]2C1=O. The van der Waals surface area contributed by atoms with Gasteiger partial charge in [0.1, 0.15) is 6.04 Å². The smallest absolute Gasteiger partial charge is 0.246 e. The number of ether oxygens (including phenoxy) is 1. The number of methoxy groups -OCH3 is 1. The molecule has 1 saturated heterocycles. The van der Waals surface area contributed by atoms with Crippen LogP contribution in [0.3, 0.4) is 0 Å². The molecule has 6 nitrogen and oxygen atoms in total. The number of amides is 2. The quantitative estimate of drug-likeness (QED) is 0.729. The third kappa shape index (κ3) is 2.91. The van der Waals surface area contributed by atoms with Gasteiger partial charge in [0, 0.05) is 36.7 Å². The third-order valence-corrected chi connectivity index (χ3v) is 6.30. The summed E-state index contributed by atoms with van der Waals surface area (Å²) in [5.74, 6) is -0.0229. The molecule has 1 N–H and O–H groups in total. The number of benzene rings is 2. The molecule has 1 aromatic heterocycles. The van der Waals surface area contributed by atoms with Crippen molar-refractivity contribution in [2.24, 2.45) is 0 Å². The molecule has 3 heterocycles. The van der Waals surface area contributed by atoms with Crippen molar-refractivity contribution < 1.29 is 14.3 Å². The number of hydrogen-bond acceptors (Lipinski definition) is 3. The van der Waals surface area contributed by atoms with Crippen LogP contribution >= 0.6 is 0 Å². The fourth-order valence-electron chi connectivity index (χ4n) is 4.81. The van der Waals surface area contributed by atoms with Crippen LogP contribution < -0.4 is 0 Å². The molecule has 154 valence electrons. The van der Waals surface area contributed by atoms with Gasteiger partial charge in [0.15, 0.2) is 0 Å². The number of aromatic nitrogens is 1. The highest BCUT2D eigenvalue weighted by molar-refractivity contribution is 5.97. The molecule has 0 radical (unpaired) electrons. The Balaban J connectivity index is 1.66. The summed E-state index contributed by atoms with van der Waals surface area (Å²) in [6, 6.07) is 15.6. The minimum atomic E-state index is -0.499. The molecule has 30 heavy (non-hydrogen) atoms. The van der Waals surface area contributed by atoms with Crippen molar-refractivity contribution >= 4 is 22.7 Å². The Hall–Kier alpha value is -3.12. The summed E-state index contributed by atoms with van der Waals surface area (Å²) in [4.78, 5) is 33.7. The van der Waals surface area contributed by atoms with Gasteiger partial charge < -0.3 is 19.5 Å². The molecular formula is C24H25N3O3. The van der Waals surface area contributed by atoms with E-state index in [9.17, 15) is 9.59 Å². The van der Waals surface area contributed by atoms with Crippen molar-refractivity contribution in [2.45, 2.75) is 25.4 Å². The summed E-state index contributed by atoms with van der Waals surface area (Å²) >= 11 is 0. The van der Waals surface area contributed by atoms with Crippen molar-refractivity contribution in [2.75, 3.05) is 26.8 Å². The number of nitrogens with zero attached hydrogens (tertiary/aromatic N) is 2. The second-order valence-corrected chi connectivity index (χ2v) is 8.15. The first-order valence-electron chi connectivity index (χ1n) is 10.3. The fourth-order valence-corrected chi connectivity index (χ4v) is 4.81. The number of fused-ring (bicyclic) bond motifs is 4. The standard InChI is InChI=1S/C24H25N3O3/c1-15-7-9-16(10-8-15)23-22-18(17-5-3-4-6-19(17)25-22)13-20-24(29)26(11-12-30-2)14-21(28)27(20)23/h3-10,20,23,25H,11-14H2,1-2H3/t20-,23?/m0/s1. The lowest BCUT2D eigenvalue weighted by atomic mass is 9.86. The van der Waals surface area contributed by atoms with Crippen molar-refractivity contribution in [1.82, 2.24) is 14.8 Å². The van der Waals surface area contributed by atoms with Crippen LogP contribution in [-0.2, 0) is 20.7 Å². The Labute approximate surface area is 175 Å². The number of aryl methyl sites for hydroxylation is 1. The molecule has 0 aliphatic carbocycles. The van der Waals surface area contributed by atoms with Crippen molar-refractivity contribution in [1.29, 1.82) is 0 Å². The molecule has 1 fully saturated rings. The number of rotatable bonds is 4. The normalized spacial score (nSPS) is 21.1. The van der Waals surface area contributed by atoms with Gasteiger partial charge in [0.05, 0.1) is 19.2 Å². The minimum absolute atomic E-state index is 0.000284. The fraction of sp³-hybridized carbons (Fsp3) is 0.333. The number of para-hydroxylation sites is 1. The zero-order valence-corrected chi connectivity index (χ0v) is 17.2. The number of carbonyl (C=O) groups excluding carboxylic acids is 2. The predicted molar refractivity (Wildman–Crippen MR) is 114 cm³/mol. The van der Waals surface area contributed by atoms with Crippen LogP contribution in [-0.4, -0.2) is 59.4 Å². The Kier molecular flexibility index (Phi) is 4.59. The van der Waals surface area contributed by atoms with E-state index < -0.39 is 6.04 Å². The molecule has 2 atom stereocenters. The molecule has 0 saturated carbocycles. The molecule has 1 unspecified atom stereocenters. The maximum atomic E-state index is 13.4. The van der Waals surface area contributed by atoms with Crippen molar-refractivity contribution in [3.05, 3.63) is 70.9 Å². The van der Waals surface area contributed by atoms with Gasteiger partial charge in [-0.15, -0.1) is 0 Å². The van der Waals surface area contributed by atoms with E-state index in [2.05, 4.69) is 35.3 Å². The predicted octanol–water partition coefficient (Wildman–Crippen LogP) is 2.81. The largest absolute Gasteiger partial charge is 0.383 e. The molecule has 2 amide bonds. The number of nitrogens with one attached hydrogen (secondary N) is 1. The van der Waals surface area contributed by atoms with Gasteiger partial charge in [-0.25, -0.2) is 0 Å². The monoisotopic (exact) mass is 403 g/mol. The molecule has 2 aromatic carbocycles. The average Bonchev–Trinajstić information content (AvgIpc) is 3.13. The van der Waals surface area contributed by atoms with E-state index in [4.69, 9.17) is 4.74 Å². The van der Waals surface area contributed by atoms with E-state index in [1.165, 1.54) is 0 Å². The summed E-state index contributed by atoms with van der Waals surface area (Å²) in [5.41, 5.74) is 5.37. The van der Waals surface area contributed by atoms with E-state index in [0.717, 1.165) is 33.3 Å². The van der Waals surface area contributed by atoms with Gasteiger partial charge in [-0.05, 0) is 24.1 Å². The molecule has 0 spiro atoms. The van der Waals surface area contributed by atoms with Crippen LogP contribution in [0.5, 0.6) is 0 Å². The van der Waals surface area contributed by atoms with Crippen LogP contribution in [0.15, 0.2) is 48.5 Å². The Bertz CT molecular complexity index is 1120. The maximum absolute atomic E-state index is 13.4. The summed E-state index contributed by atoms with van der Waals surface area (Å²) in [6.45, 7) is 2.99. The highest BCUT2D eigenvalue weighted by Gasteiger charge is 2.48. The van der Waals surface area contributed by atoms with Crippen LogP contribution in [0, 0.1) is 6.92 Å². The average molecular weight is 403 g/mol. The second kappa shape index (κ2) is 7.29. The summed E-state index contributed by atoms with van der Waals surface area (Å²) in [5, 5.41) is 1.12. The van der Waals surface area contributed by atoms with Gasteiger partial charge in [0.2, 0.25) is 11.8 Å². The van der Waals surface area contributed by atoms with E-state index in [-0.39, 0.29) is 24.4 Å². The zero-order chi connectivity index (χ0) is 20.8. The van der Waals surface area contributed by atoms with Gasteiger partial charge in [0.25, 0.3) is 0 Å². The number of H-pyrrole nitrogens is 1. The van der Waals surface area contributed by atoms with Gasteiger partial charge in [-0.1, -0.05) is 48.0 Å². The first-order chi connectivity index (χ1) is 14.6. The lowest BCUT2D eigenvalue weighted by molar-refractivity contribution is -0.159. The molecule has 2 aliphatic rings. The second-order valence-electron chi connectivity index (χ2n) is 8.15. The third-order valence-electron chi connectivity index (χ3n) is 6.30. The van der Waals surface area contributed by atoms with Crippen LogP contribution in [0.2, 0.25) is 0 Å². The lowest BCUT2D eigenvalue weighted by Gasteiger charge is -2.47. The maximum Gasteiger partial charge on any atom is 0.246 e. The number of carbonyl (C=O) groups is 2.